The van der Waals surface area contributed by atoms with Crippen LogP contribution in [0.15, 0.2) is 30.3 Å². The molecule has 9 nitrogen and oxygen atoms in total. The maximum atomic E-state index is 13.0. The number of aryl methyl sites for hydroxylation is 1. The zero-order chi connectivity index (χ0) is 26.7. The Kier molecular flexibility index (Phi) is 5.82. The number of amides is 2. The summed E-state index contributed by atoms with van der Waals surface area (Å²) in [7, 11) is 1.61. The van der Waals surface area contributed by atoms with Crippen LogP contribution in [0.4, 0.5) is 4.79 Å². The number of pyridine rings is 2. The van der Waals surface area contributed by atoms with Crippen LogP contribution >= 0.6 is 0 Å². The van der Waals surface area contributed by atoms with Crippen molar-refractivity contribution in [3.8, 4) is 17.3 Å². The summed E-state index contributed by atoms with van der Waals surface area (Å²) in [5.41, 5.74) is 6.14. The van der Waals surface area contributed by atoms with Gasteiger partial charge in [-0.1, -0.05) is 0 Å². The summed E-state index contributed by atoms with van der Waals surface area (Å²) in [6, 6.07) is 10.2. The minimum Gasteiger partial charge on any atom is -0.482 e. The number of rotatable bonds is 6. The molecule has 2 amide bonds. The molecule has 1 atom stereocenters. The van der Waals surface area contributed by atoms with Crippen molar-refractivity contribution in [2.45, 2.75) is 51.5 Å². The standard InChI is InChI=1S/C30H34N6O3/c1-19-28(32-26-13-21(18-37)14-27(39-2)36(19)26)25-15-22-7-8-24(31-29(22)35(25)16-20-5-6-20)23-9-12-34(17-23)30(38)33-10-3-4-11-33/h7-8,13-15,18,20,23H,3-6,9-12,16-17H2,1-2H3. The molecule has 0 bridgehead atoms. The number of fused-ring (bicyclic) bond motifs is 2. The van der Waals surface area contributed by atoms with E-state index in [1.54, 1.807) is 19.2 Å². The highest BCUT2D eigenvalue weighted by atomic mass is 16.5. The van der Waals surface area contributed by atoms with Gasteiger partial charge in [0.25, 0.3) is 0 Å². The third kappa shape index (κ3) is 4.15. The molecule has 4 aromatic heterocycles. The Morgan fingerprint density at radius 1 is 1.05 bits per heavy atom. The first-order valence-electron chi connectivity index (χ1n) is 14.1. The van der Waals surface area contributed by atoms with Crippen LogP contribution < -0.4 is 4.74 Å². The Morgan fingerprint density at radius 3 is 2.62 bits per heavy atom. The van der Waals surface area contributed by atoms with E-state index in [2.05, 4.69) is 22.8 Å². The molecule has 1 saturated carbocycles. The van der Waals surface area contributed by atoms with Crippen molar-refractivity contribution in [1.29, 1.82) is 0 Å². The van der Waals surface area contributed by atoms with Crippen LogP contribution in [0.3, 0.4) is 0 Å². The zero-order valence-electron chi connectivity index (χ0n) is 22.6. The van der Waals surface area contributed by atoms with E-state index in [9.17, 15) is 9.59 Å². The minimum absolute atomic E-state index is 0.186. The number of imidazole rings is 1. The topological polar surface area (TPSA) is 85.0 Å². The average molecular weight is 527 g/mol. The number of aldehydes is 1. The Bertz CT molecular complexity index is 1590. The first kappa shape index (κ1) is 24.2. The first-order chi connectivity index (χ1) is 19.0. The fourth-order valence-electron chi connectivity index (χ4n) is 6.35. The van der Waals surface area contributed by atoms with Gasteiger partial charge in [0.15, 0.2) is 5.88 Å². The van der Waals surface area contributed by atoms with Gasteiger partial charge in [-0.3, -0.25) is 9.20 Å². The van der Waals surface area contributed by atoms with Crippen molar-refractivity contribution in [2.24, 2.45) is 5.92 Å². The number of carbonyl (C=O) groups excluding carboxylic acids is 2. The van der Waals surface area contributed by atoms with E-state index in [4.69, 9.17) is 14.7 Å². The van der Waals surface area contributed by atoms with Gasteiger partial charge < -0.3 is 19.1 Å². The lowest BCUT2D eigenvalue weighted by Crippen LogP contribution is -2.40. The third-order valence-corrected chi connectivity index (χ3v) is 8.68. The molecule has 2 saturated heterocycles. The van der Waals surface area contributed by atoms with E-state index in [-0.39, 0.29) is 11.9 Å². The molecule has 39 heavy (non-hydrogen) atoms. The largest absolute Gasteiger partial charge is 0.482 e. The van der Waals surface area contributed by atoms with E-state index in [0.29, 0.717) is 23.0 Å². The summed E-state index contributed by atoms with van der Waals surface area (Å²) in [6.45, 7) is 6.23. The van der Waals surface area contributed by atoms with E-state index < -0.39 is 0 Å². The number of nitrogens with zero attached hydrogens (tertiary/aromatic N) is 6. The number of hydrogen-bond donors (Lipinski definition) is 0. The molecule has 1 unspecified atom stereocenters. The second-order valence-corrected chi connectivity index (χ2v) is 11.3. The Hall–Kier alpha value is -3.88. The molecule has 2 aliphatic heterocycles. The van der Waals surface area contributed by atoms with Gasteiger partial charge in [-0.15, -0.1) is 0 Å². The molecule has 0 radical (unpaired) electrons. The van der Waals surface area contributed by atoms with Crippen LogP contribution in [-0.2, 0) is 6.54 Å². The minimum atomic E-state index is 0.186. The molecular formula is C30H34N6O3. The maximum absolute atomic E-state index is 13.0. The summed E-state index contributed by atoms with van der Waals surface area (Å²) < 4.78 is 9.91. The molecule has 1 aliphatic carbocycles. The van der Waals surface area contributed by atoms with Crippen LogP contribution in [0, 0.1) is 12.8 Å². The normalized spacial score (nSPS) is 19.5. The molecule has 7 rings (SSSR count). The van der Waals surface area contributed by atoms with Crippen molar-refractivity contribution >= 4 is 29.0 Å². The van der Waals surface area contributed by atoms with E-state index >= 15 is 0 Å². The predicted molar refractivity (Wildman–Crippen MR) is 148 cm³/mol. The van der Waals surface area contributed by atoms with Crippen molar-refractivity contribution < 1.29 is 14.3 Å². The predicted octanol–water partition coefficient (Wildman–Crippen LogP) is 4.90. The van der Waals surface area contributed by atoms with Crippen LogP contribution in [-0.4, -0.2) is 74.3 Å². The lowest BCUT2D eigenvalue weighted by Gasteiger charge is -2.24. The average Bonchev–Trinajstić information content (AvgIpc) is 3.35. The van der Waals surface area contributed by atoms with Crippen molar-refractivity contribution in [3.05, 3.63) is 47.3 Å². The maximum Gasteiger partial charge on any atom is 0.320 e. The van der Waals surface area contributed by atoms with Gasteiger partial charge in [-0.05, 0) is 69.2 Å². The first-order valence-corrected chi connectivity index (χ1v) is 14.1. The molecule has 6 heterocycles. The number of aromatic nitrogens is 4. The molecule has 3 aliphatic rings. The number of carbonyl (C=O) groups is 2. The number of hydrogen-bond acceptors (Lipinski definition) is 5. The number of ether oxygens (including phenoxy) is 1. The van der Waals surface area contributed by atoms with Gasteiger partial charge in [-0.25, -0.2) is 14.8 Å². The summed E-state index contributed by atoms with van der Waals surface area (Å²) >= 11 is 0. The zero-order valence-corrected chi connectivity index (χ0v) is 22.6. The molecule has 9 heteroatoms. The number of urea groups is 1. The molecule has 0 N–H and O–H groups in total. The summed E-state index contributed by atoms with van der Waals surface area (Å²) in [5, 5.41) is 1.09. The van der Waals surface area contributed by atoms with E-state index in [1.165, 1.54) is 12.8 Å². The van der Waals surface area contributed by atoms with Gasteiger partial charge in [0.2, 0.25) is 0 Å². The highest BCUT2D eigenvalue weighted by Gasteiger charge is 2.32. The fourth-order valence-corrected chi connectivity index (χ4v) is 6.35. The molecule has 3 fully saturated rings. The lowest BCUT2D eigenvalue weighted by atomic mass is 10.0. The summed E-state index contributed by atoms with van der Waals surface area (Å²) in [6.07, 6.45) is 6.45. The Balaban J connectivity index is 1.27. The van der Waals surface area contributed by atoms with Gasteiger partial charge in [0.05, 0.1) is 18.5 Å². The summed E-state index contributed by atoms with van der Waals surface area (Å²) in [5.74, 6) is 1.49. The number of likely N-dealkylation sites (tertiary alicyclic amines) is 2. The van der Waals surface area contributed by atoms with Crippen molar-refractivity contribution in [1.82, 2.24) is 28.7 Å². The van der Waals surface area contributed by atoms with Crippen LogP contribution in [0.25, 0.3) is 28.1 Å². The van der Waals surface area contributed by atoms with Gasteiger partial charge in [0.1, 0.15) is 23.3 Å². The highest BCUT2D eigenvalue weighted by Crippen LogP contribution is 2.38. The quantitative estimate of drug-likeness (QED) is 0.334. The van der Waals surface area contributed by atoms with Gasteiger partial charge >= 0.3 is 6.03 Å². The highest BCUT2D eigenvalue weighted by molar-refractivity contribution is 5.85. The second kappa shape index (κ2) is 9.39. The molecule has 0 aromatic carbocycles. The Labute approximate surface area is 227 Å². The summed E-state index contributed by atoms with van der Waals surface area (Å²) in [4.78, 5) is 38.7. The third-order valence-electron chi connectivity index (χ3n) is 8.68. The molecular weight excluding hydrogens is 492 g/mol. The molecule has 4 aromatic rings. The molecule has 0 spiro atoms. The van der Waals surface area contributed by atoms with Crippen LogP contribution in [0.5, 0.6) is 5.88 Å². The van der Waals surface area contributed by atoms with Crippen LogP contribution in [0.2, 0.25) is 0 Å². The fraction of sp³-hybridized carbons (Fsp3) is 0.467. The molecule has 202 valence electrons. The van der Waals surface area contributed by atoms with E-state index in [1.807, 2.05) is 21.1 Å². The number of methoxy groups -OCH3 is 1. The lowest BCUT2D eigenvalue weighted by molar-refractivity contribution is 0.112. The Morgan fingerprint density at radius 2 is 1.87 bits per heavy atom. The SMILES string of the molecule is COc1cc(C=O)cc2nc(-c3cc4ccc(C5CCN(C(=O)N6CCCC6)C5)nc4n3CC3CC3)c(C)n12. The smallest absolute Gasteiger partial charge is 0.320 e. The van der Waals surface area contributed by atoms with Crippen molar-refractivity contribution in [2.75, 3.05) is 33.3 Å². The van der Waals surface area contributed by atoms with Gasteiger partial charge in [-0.2, -0.15) is 0 Å². The van der Waals surface area contributed by atoms with Gasteiger partial charge in [0, 0.05) is 61.4 Å². The second-order valence-electron chi connectivity index (χ2n) is 11.3. The van der Waals surface area contributed by atoms with Crippen LogP contribution in [0.1, 0.15) is 59.8 Å². The van der Waals surface area contributed by atoms with E-state index in [0.717, 1.165) is 92.1 Å². The van der Waals surface area contributed by atoms with Crippen molar-refractivity contribution in [3.63, 3.8) is 0 Å². The monoisotopic (exact) mass is 526 g/mol.